The molecule has 3 aliphatic heterocycles. The zero-order valence-electron chi connectivity index (χ0n) is 90.8. The van der Waals surface area contributed by atoms with E-state index >= 15 is 0 Å². The first-order chi connectivity index (χ1) is 68.4. The van der Waals surface area contributed by atoms with Crippen molar-refractivity contribution in [2.45, 2.75) is 34.6 Å². The molecule has 15 aromatic heterocycles. The number of nitrogens with zero attached hydrogens (tertiary/aromatic N) is 33. The van der Waals surface area contributed by atoms with Crippen LogP contribution in [0.25, 0.3) is 67.6 Å². The molecule has 588 valence electrons. The molecule has 3 saturated heterocycles. The van der Waals surface area contributed by atoms with Crippen molar-refractivity contribution in [1.29, 1.82) is 0 Å². The van der Waals surface area contributed by atoms with Crippen LogP contribution in [0, 0.1) is 34.6 Å². The van der Waals surface area contributed by atoms with Gasteiger partial charge in [-0.05, 0) is 101 Å². The summed E-state index contributed by atoms with van der Waals surface area (Å²) < 4.78 is 278. The van der Waals surface area contributed by atoms with Crippen LogP contribution in [0.5, 0.6) is 17.2 Å². The summed E-state index contributed by atoms with van der Waals surface area (Å²) in [6.07, 6.45) is 10.6. The highest BCUT2D eigenvalue weighted by atomic mass is 16.5. The number of aromatic amines is 3. The number of H-pyrrole nitrogens is 3. The Morgan fingerprint density at radius 1 is 0.422 bits per heavy atom. The topological polar surface area (TPSA) is 497 Å². The number of piperazine rings is 3. The number of aryl methyl sites for hydroxylation is 3. The Bertz CT molecular complexity index is 7740. The maximum Gasteiger partial charge on any atom is 0.295 e. The molecule has 3 aliphatic rings. The van der Waals surface area contributed by atoms with Gasteiger partial charge in [0.05, 0.1) is 132 Å². The lowest BCUT2D eigenvalue weighted by molar-refractivity contribution is -0.127. The molecule has 18 rings (SSSR count). The largest absolute Gasteiger partial charge is 0.494 e. The van der Waals surface area contributed by atoms with Gasteiger partial charge in [0.25, 0.3) is 52.9 Å². The van der Waals surface area contributed by atoms with Crippen molar-refractivity contribution < 1.29 is 85.5 Å². The van der Waals surface area contributed by atoms with E-state index in [4.69, 9.17) is 56.7 Å². The van der Waals surface area contributed by atoms with Crippen molar-refractivity contribution in [3.63, 3.8) is 0 Å². The van der Waals surface area contributed by atoms with Crippen LogP contribution >= 0.6 is 0 Å². The SMILES string of the molecule is [2H]C([2H])([2H])Oc1cnc(-n2cnc(C)n2)c2[nH]cc(C(=O)C(=O)N3C([2H])([2H])C([2H])([2H])N(c4nnnn4-c4ccccn4)C([2H])([2H])C3([2H])[2H])c12.[2H]c1nc(-n2nnnc2N2C([2H])([2H])C([2H])([2H])N(C(=O)C(=O)c3c[nH]c4c(-n5cnc(C)n5)ncc(OC([2H])([2H])[2H])c34)C([2H])([2H])C2([2H])[2H])c([2H])c([2H])c1C.[2H]c1nc(-n2nnnc2N2CCN(C(=O)C(=O)c3c[nH]c4c(-n5cnc(C)n5)ncc(OC([2H])([2H])[2H])c34)CC2)c([2H])c([2H])c1C. The summed E-state index contributed by atoms with van der Waals surface area (Å²) in [4.78, 5) is 130. The van der Waals surface area contributed by atoms with E-state index in [-0.39, 0.29) is 139 Å². The summed E-state index contributed by atoms with van der Waals surface area (Å²) in [6.45, 7) is -22.3. The fraction of sp³-hybridized carbons (Fsp3) is 0.282. The summed E-state index contributed by atoms with van der Waals surface area (Å²) in [7, 11) is -9.05. The van der Waals surface area contributed by atoms with Crippen molar-refractivity contribution in [1.82, 2.24) is 164 Å². The Hall–Kier alpha value is -15.6. The van der Waals surface area contributed by atoms with E-state index in [0.717, 1.165) is 40.3 Å². The van der Waals surface area contributed by atoms with Crippen LogP contribution in [0.3, 0.4) is 0 Å². The highest BCUT2D eigenvalue weighted by Gasteiger charge is 2.36. The Labute approximate surface area is 697 Å². The molecule has 45 nitrogen and oxygen atoms in total. The van der Waals surface area contributed by atoms with Crippen molar-refractivity contribution in [3.05, 3.63) is 162 Å². The fourth-order valence-corrected chi connectivity index (χ4v) is 11.5. The highest BCUT2D eigenvalue weighted by molar-refractivity contribution is 6.46. The van der Waals surface area contributed by atoms with Crippen LogP contribution in [0.4, 0.5) is 17.8 Å². The molecule has 0 unspecified atom stereocenters. The second-order valence-corrected chi connectivity index (χ2v) is 24.0. The third kappa shape index (κ3) is 14.3. The smallest absolute Gasteiger partial charge is 0.295 e. The lowest BCUT2D eigenvalue weighted by Gasteiger charge is -2.34. The number of tetrazole rings is 3. The minimum atomic E-state index is -3.95. The first kappa shape index (κ1) is 46.3. The molecule has 116 heavy (non-hydrogen) atoms. The Morgan fingerprint density at radius 2 is 0.793 bits per heavy atom. The molecule has 15 aromatic rings. The number of pyridine rings is 6. The van der Waals surface area contributed by atoms with E-state index in [2.05, 4.69) is 122 Å². The van der Waals surface area contributed by atoms with E-state index in [0.29, 0.717) is 22.2 Å². The maximum absolute atomic E-state index is 14.0. The number of fused-ring (bicyclic) bond motifs is 3. The minimum absolute atomic E-state index is 0.00500. The number of aromatic nitrogens is 30. The quantitative estimate of drug-likeness (QED) is 0.0813. The Morgan fingerprint density at radius 3 is 1.15 bits per heavy atom. The molecule has 3 amide bonds. The molecule has 0 atom stereocenters. The van der Waals surface area contributed by atoms with Gasteiger partial charge in [-0.3, -0.25) is 28.8 Å². The second-order valence-electron chi connectivity index (χ2n) is 24.0. The summed E-state index contributed by atoms with van der Waals surface area (Å²) in [6, 6.07) is 2.78. The molecule has 3 N–H and O–H groups in total. The molecular formula is C71H70N36O9. The number of ether oxygens (including phenoxy) is 3. The van der Waals surface area contributed by atoms with Gasteiger partial charge >= 0.3 is 0 Å². The first-order valence-electron chi connectivity index (χ1n) is 48.8. The molecule has 0 aliphatic carbocycles. The number of hydrogen-bond acceptors (Lipinski definition) is 33. The Balaban J connectivity index is 0.000000158. The van der Waals surface area contributed by atoms with Crippen LogP contribution in [0.15, 0.2) is 117 Å². The highest BCUT2D eigenvalue weighted by Crippen LogP contribution is 2.36. The number of nitrogens with one attached hydrogen (secondary N) is 3. The number of hydrogen-bond donors (Lipinski definition) is 3. The number of carbonyl (C=O) groups excluding carboxylic acids is 6. The normalized spacial score (nSPS) is 21.4. The second kappa shape index (κ2) is 31.6. The van der Waals surface area contributed by atoms with E-state index in [9.17, 15) is 28.8 Å². The predicted octanol–water partition coefficient (Wildman–Crippen LogP) is 1.71. The maximum atomic E-state index is 14.0. The summed E-state index contributed by atoms with van der Waals surface area (Å²) in [5, 5.41) is 44.5. The number of Topliss-reactive ketones (excluding diaryl/α,β-unsaturated/α-hetero) is 3. The van der Waals surface area contributed by atoms with Crippen LogP contribution in [0.2, 0.25) is 0 Å². The van der Waals surface area contributed by atoms with E-state index in [1.807, 2.05) is 0 Å². The lowest BCUT2D eigenvalue weighted by Crippen LogP contribution is -2.51. The van der Waals surface area contributed by atoms with Crippen LogP contribution < -0.4 is 28.9 Å². The van der Waals surface area contributed by atoms with E-state index < -0.39 is 182 Å². The van der Waals surface area contributed by atoms with Crippen LogP contribution in [0.1, 0.15) is 102 Å². The van der Waals surface area contributed by atoms with Crippen molar-refractivity contribution in [2.75, 3.05) is 114 Å². The van der Waals surface area contributed by atoms with Gasteiger partial charge < -0.3 is 58.6 Å². The first-order valence-corrected chi connectivity index (χ1v) is 33.3. The van der Waals surface area contributed by atoms with Gasteiger partial charge in [0.2, 0.25) is 0 Å². The number of rotatable bonds is 18. The third-order valence-electron chi connectivity index (χ3n) is 16.8. The average molecular weight is 1600 g/mol. The monoisotopic (exact) mass is 1600 g/mol. The van der Waals surface area contributed by atoms with Gasteiger partial charge in [-0.2, -0.15) is 29.3 Å². The summed E-state index contributed by atoms with van der Waals surface area (Å²) >= 11 is 0. The van der Waals surface area contributed by atoms with Crippen LogP contribution in [-0.4, -0.2) is 299 Å². The number of carbonyl (C=O) groups is 6. The molecule has 0 radical (unpaired) electrons. The van der Waals surface area contributed by atoms with E-state index in [1.54, 1.807) is 25.7 Å². The van der Waals surface area contributed by atoms with Gasteiger partial charge in [0.1, 0.15) is 53.7 Å². The van der Waals surface area contributed by atoms with Gasteiger partial charge in [-0.15, -0.1) is 0 Å². The fourth-order valence-electron chi connectivity index (χ4n) is 11.5. The lowest BCUT2D eigenvalue weighted by atomic mass is 10.1. The number of methoxy groups -OCH3 is 3. The zero-order valence-corrected chi connectivity index (χ0v) is 59.8. The summed E-state index contributed by atoms with van der Waals surface area (Å²) in [5.41, 5.74) is -1.26. The van der Waals surface area contributed by atoms with Crippen LogP contribution in [-0.2, 0) is 14.4 Å². The molecule has 18 heterocycles. The van der Waals surface area contributed by atoms with E-state index in [1.165, 1.54) is 82.4 Å². The molecule has 0 bridgehead atoms. The average Bonchev–Trinajstić information content (AvgIpc) is 1.49. The summed E-state index contributed by atoms with van der Waals surface area (Å²) in [5.74, 6) is -11.9. The molecule has 0 aromatic carbocycles. The molecule has 45 heteroatoms. The molecule has 0 spiro atoms. The standard InChI is InChI=1S/2C24H24N12O3.C23H22N12O3/c2*1-14-4-5-18(25-10-14)36-24(29-31-32-36)34-8-6-33(7-9-34)23(38)21(37)16-11-26-20-19(16)17(39-3)12-27-22(20)35-13-28-15(2)30-35;1-14-27-13-34(29-14)21-19-18(16(38-2)12-26-21)15(11-25-19)20(36)22(37)32-7-9-33(10-8-32)23-28-30-31-35(23)17-5-3-4-6-24-17/h2*4-5,10-13,26H,6-9H2,1-3H3;3-6,11-13,25H,7-10H2,1-2H3/i3D3,4D,5D,6D2,7D2,8D2,9D2,10D;3D3,4D,5D,10D;2D3,7D2,8D2,9D2,10D2. The zero-order chi connectivity index (χ0) is 107. The van der Waals surface area contributed by atoms with Gasteiger partial charge in [-0.25, -0.2) is 58.9 Å². The molecule has 3 fully saturated rings. The number of amides is 3. The number of anilines is 3. The van der Waals surface area contributed by atoms with Crippen molar-refractivity contribution in [2.24, 2.45) is 0 Å². The molecular weight excluding hydrogens is 1500 g/mol. The predicted molar refractivity (Wildman–Crippen MR) is 407 cm³/mol. The minimum Gasteiger partial charge on any atom is -0.494 e. The van der Waals surface area contributed by atoms with Gasteiger partial charge in [-0.1, -0.05) is 33.4 Å². The molecule has 0 saturated carbocycles. The van der Waals surface area contributed by atoms with Crippen molar-refractivity contribution in [3.8, 4) is 52.2 Å². The van der Waals surface area contributed by atoms with Gasteiger partial charge in [0.15, 0.2) is 34.9 Å². The number of ketones is 3. The van der Waals surface area contributed by atoms with Gasteiger partial charge in [0, 0.05) is 115 Å². The van der Waals surface area contributed by atoms with Crippen molar-refractivity contribution >= 4 is 85.6 Å². The Kier molecular flexibility index (Phi) is 12.6. The third-order valence-corrected chi connectivity index (χ3v) is 16.8.